The van der Waals surface area contributed by atoms with Crippen LogP contribution in [0.1, 0.15) is 52.9 Å². The summed E-state index contributed by atoms with van der Waals surface area (Å²) in [5, 5.41) is 0. The molecule has 0 radical (unpaired) electrons. The molecule has 0 spiro atoms. The van der Waals surface area contributed by atoms with Crippen LogP contribution in [0.3, 0.4) is 0 Å². The van der Waals surface area contributed by atoms with Crippen molar-refractivity contribution in [3.05, 3.63) is 0 Å². The molecule has 0 N–H and O–H groups in total. The van der Waals surface area contributed by atoms with Gasteiger partial charge < -0.3 is 14.4 Å². The zero-order valence-corrected chi connectivity index (χ0v) is 12.7. The van der Waals surface area contributed by atoms with Gasteiger partial charge in [-0.05, 0) is 52.9 Å². The molecule has 0 saturated carbocycles. The van der Waals surface area contributed by atoms with Crippen LogP contribution < -0.4 is 0 Å². The molecule has 2 rings (SSSR count). The average molecular weight is 283 g/mol. The highest BCUT2D eigenvalue weighted by atomic mass is 16.6. The smallest absolute Gasteiger partial charge is 0.329 e. The maximum Gasteiger partial charge on any atom is 0.329 e. The van der Waals surface area contributed by atoms with Gasteiger partial charge in [0.05, 0.1) is 0 Å². The lowest BCUT2D eigenvalue weighted by Gasteiger charge is -2.31. The fourth-order valence-corrected chi connectivity index (χ4v) is 2.77. The van der Waals surface area contributed by atoms with Crippen molar-refractivity contribution in [3.63, 3.8) is 0 Å². The minimum absolute atomic E-state index is 0.0435. The molecule has 0 aromatic carbocycles. The number of nitrogens with zero attached hydrogens (tertiary/aromatic N) is 1. The first-order valence-electron chi connectivity index (χ1n) is 7.53. The molecule has 2 atom stereocenters. The Hall–Kier alpha value is -1.10. The summed E-state index contributed by atoms with van der Waals surface area (Å²) in [6.07, 6.45) is 3.96. The first-order valence-corrected chi connectivity index (χ1v) is 7.53. The lowest BCUT2D eigenvalue weighted by molar-refractivity contribution is -0.166. The van der Waals surface area contributed by atoms with E-state index in [2.05, 4.69) is 0 Å². The summed E-state index contributed by atoms with van der Waals surface area (Å²) in [4.78, 5) is 26.3. The van der Waals surface area contributed by atoms with Crippen LogP contribution in [0.15, 0.2) is 0 Å². The number of likely N-dealkylation sites (tertiary alicyclic amines) is 1. The molecule has 114 valence electrons. The molecule has 2 fully saturated rings. The van der Waals surface area contributed by atoms with E-state index in [1.165, 1.54) is 0 Å². The predicted octanol–water partition coefficient (Wildman–Crippen LogP) is 1.89. The highest BCUT2D eigenvalue weighted by Gasteiger charge is 2.39. The minimum Gasteiger partial charge on any atom is -0.458 e. The maximum absolute atomic E-state index is 12.5. The summed E-state index contributed by atoms with van der Waals surface area (Å²) in [5.41, 5.74) is -0.518. The number of hydrogen-bond donors (Lipinski definition) is 0. The first kappa shape index (κ1) is 15.3. The van der Waals surface area contributed by atoms with Crippen molar-refractivity contribution in [2.24, 2.45) is 0 Å². The SMILES string of the molecule is CC(C)(C)OC(=O)[C@H]1CCCN1C(=O)C1CCCCO1. The van der Waals surface area contributed by atoms with Crippen LogP contribution in [-0.2, 0) is 19.1 Å². The van der Waals surface area contributed by atoms with Gasteiger partial charge in [-0.2, -0.15) is 0 Å². The molecule has 20 heavy (non-hydrogen) atoms. The molecule has 2 heterocycles. The van der Waals surface area contributed by atoms with E-state index in [0.717, 1.165) is 25.7 Å². The Balaban J connectivity index is 1.99. The summed E-state index contributed by atoms with van der Waals surface area (Å²) in [7, 11) is 0. The summed E-state index contributed by atoms with van der Waals surface area (Å²) in [5.74, 6) is -0.336. The number of amides is 1. The molecule has 1 amide bonds. The van der Waals surface area contributed by atoms with Crippen molar-refractivity contribution >= 4 is 11.9 Å². The number of carbonyl (C=O) groups excluding carboxylic acids is 2. The van der Waals surface area contributed by atoms with Crippen LogP contribution in [0.2, 0.25) is 0 Å². The first-order chi connectivity index (χ1) is 9.38. The normalized spacial score (nSPS) is 27.4. The molecule has 0 bridgehead atoms. The third-order valence-electron chi connectivity index (χ3n) is 3.67. The maximum atomic E-state index is 12.5. The molecule has 5 nitrogen and oxygen atoms in total. The second-order valence-corrected chi connectivity index (χ2v) is 6.58. The minimum atomic E-state index is -0.518. The van der Waals surface area contributed by atoms with Crippen LogP contribution in [0, 0.1) is 0 Å². The predicted molar refractivity (Wildman–Crippen MR) is 74.2 cm³/mol. The van der Waals surface area contributed by atoms with Gasteiger partial charge in [0.1, 0.15) is 17.7 Å². The summed E-state index contributed by atoms with van der Waals surface area (Å²) < 4.78 is 11.0. The van der Waals surface area contributed by atoms with Crippen LogP contribution in [0.25, 0.3) is 0 Å². The van der Waals surface area contributed by atoms with E-state index < -0.39 is 11.6 Å². The van der Waals surface area contributed by atoms with Gasteiger partial charge in [-0.15, -0.1) is 0 Å². The van der Waals surface area contributed by atoms with E-state index in [9.17, 15) is 9.59 Å². The second kappa shape index (κ2) is 6.12. The molecule has 1 unspecified atom stereocenters. The third-order valence-corrected chi connectivity index (χ3v) is 3.67. The van der Waals surface area contributed by atoms with Gasteiger partial charge in [-0.25, -0.2) is 4.79 Å². The Kier molecular flexibility index (Phi) is 4.68. The van der Waals surface area contributed by atoms with Crippen molar-refractivity contribution < 1.29 is 19.1 Å². The Bertz CT molecular complexity index is 369. The molecular weight excluding hydrogens is 258 g/mol. The Morgan fingerprint density at radius 2 is 1.90 bits per heavy atom. The average Bonchev–Trinajstić information content (AvgIpc) is 2.86. The van der Waals surface area contributed by atoms with E-state index in [-0.39, 0.29) is 18.0 Å². The van der Waals surface area contributed by atoms with Gasteiger partial charge in [0.2, 0.25) is 0 Å². The van der Waals surface area contributed by atoms with E-state index in [0.29, 0.717) is 19.6 Å². The lowest BCUT2D eigenvalue weighted by atomic mass is 10.1. The van der Waals surface area contributed by atoms with E-state index in [4.69, 9.17) is 9.47 Å². The molecule has 2 aliphatic heterocycles. The van der Waals surface area contributed by atoms with Crippen LogP contribution in [0.4, 0.5) is 0 Å². The van der Waals surface area contributed by atoms with Gasteiger partial charge in [0, 0.05) is 13.2 Å². The van der Waals surface area contributed by atoms with Crippen molar-refractivity contribution in [1.82, 2.24) is 4.90 Å². The van der Waals surface area contributed by atoms with E-state index in [1.54, 1.807) is 4.90 Å². The topological polar surface area (TPSA) is 55.8 Å². The Morgan fingerprint density at radius 1 is 1.15 bits per heavy atom. The van der Waals surface area contributed by atoms with Gasteiger partial charge >= 0.3 is 5.97 Å². The van der Waals surface area contributed by atoms with Gasteiger partial charge in [-0.3, -0.25) is 4.79 Å². The number of hydrogen-bond acceptors (Lipinski definition) is 4. The van der Waals surface area contributed by atoms with Gasteiger partial charge in [-0.1, -0.05) is 0 Å². The van der Waals surface area contributed by atoms with Crippen molar-refractivity contribution in [3.8, 4) is 0 Å². The van der Waals surface area contributed by atoms with Gasteiger partial charge in [0.25, 0.3) is 5.91 Å². The largest absolute Gasteiger partial charge is 0.458 e. The summed E-state index contributed by atoms with van der Waals surface area (Å²) in [6.45, 7) is 6.80. The van der Waals surface area contributed by atoms with E-state index >= 15 is 0 Å². The van der Waals surface area contributed by atoms with Crippen LogP contribution in [-0.4, -0.2) is 47.7 Å². The highest BCUT2D eigenvalue weighted by Crippen LogP contribution is 2.24. The Morgan fingerprint density at radius 3 is 2.50 bits per heavy atom. The summed E-state index contributed by atoms with van der Waals surface area (Å²) >= 11 is 0. The standard InChI is InChI=1S/C15H25NO4/c1-15(2,3)20-14(18)11-7-6-9-16(11)13(17)12-8-4-5-10-19-12/h11-12H,4-10H2,1-3H3/t11-,12?/m1/s1. The molecule has 0 aromatic rings. The van der Waals surface area contributed by atoms with Gasteiger partial charge in [0.15, 0.2) is 0 Å². The number of rotatable bonds is 2. The molecule has 0 aromatic heterocycles. The zero-order valence-electron chi connectivity index (χ0n) is 12.7. The fraction of sp³-hybridized carbons (Fsp3) is 0.867. The third kappa shape index (κ3) is 3.72. The second-order valence-electron chi connectivity index (χ2n) is 6.58. The lowest BCUT2D eigenvalue weighted by Crippen LogP contribution is -2.48. The zero-order chi connectivity index (χ0) is 14.8. The molecule has 2 saturated heterocycles. The van der Waals surface area contributed by atoms with Crippen molar-refractivity contribution in [2.75, 3.05) is 13.2 Å². The highest BCUT2D eigenvalue weighted by molar-refractivity contribution is 5.87. The monoisotopic (exact) mass is 283 g/mol. The number of esters is 1. The van der Waals surface area contributed by atoms with Crippen LogP contribution in [0.5, 0.6) is 0 Å². The van der Waals surface area contributed by atoms with Crippen LogP contribution >= 0.6 is 0 Å². The summed E-state index contributed by atoms with van der Waals surface area (Å²) in [6, 6.07) is -0.438. The quantitative estimate of drug-likeness (QED) is 0.726. The molecule has 5 heteroatoms. The Labute approximate surface area is 120 Å². The van der Waals surface area contributed by atoms with Crippen molar-refractivity contribution in [2.45, 2.75) is 70.6 Å². The molecule has 2 aliphatic rings. The molecule has 0 aliphatic carbocycles. The van der Waals surface area contributed by atoms with E-state index in [1.807, 2.05) is 20.8 Å². The molecular formula is C15H25NO4. The van der Waals surface area contributed by atoms with Crippen molar-refractivity contribution in [1.29, 1.82) is 0 Å². The number of carbonyl (C=O) groups is 2. The number of ether oxygens (including phenoxy) is 2. The fourth-order valence-electron chi connectivity index (χ4n) is 2.77.